The standard InChI is InChI=1S/C12H16BrN/c1-9-7-8-12(2,14-9)10-3-5-11(13)6-4-10/h3-6,9,14H,7-8H2,1-2H3. The lowest BCUT2D eigenvalue weighted by molar-refractivity contribution is 0.413. The molecular formula is C12H16BrN. The second-order valence-electron chi connectivity index (χ2n) is 4.42. The molecule has 1 aliphatic rings. The lowest BCUT2D eigenvalue weighted by atomic mass is 9.91. The Bertz CT molecular complexity index is 320. The molecule has 0 aromatic heterocycles. The summed E-state index contributed by atoms with van der Waals surface area (Å²) in [5.41, 5.74) is 1.57. The fourth-order valence-corrected chi connectivity index (χ4v) is 2.50. The quantitative estimate of drug-likeness (QED) is 0.809. The van der Waals surface area contributed by atoms with E-state index < -0.39 is 0 Å². The monoisotopic (exact) mass is 253 g/mol. The molecule has 2 heteroatoms. The molecule has 0 saturated carbocycles. The summed E-state index contributed by atoms with van der Waals surface area (Å²) >= 11 is 3.46. The fraction of sp³-hybridized carbons (Fsp3) is 0.500. The van der Waals surface area contributed by atoms with E-state index in [0.717, 1.165) is 4.47 Å². The second kappa shape index (κ2) is 3.67. The Hall–Kier alpha value is -0.340. The first kappa shape index (κ1) is 10.2. The van der Waals surface area contributed by atoms with Crippen LogP contribution in [0.3, 0.4) is 0 Å². The zero-order valence-electron chi connectivity index (χ0n) is 8.68. The topological polar surface area (TPSA) is 12.0 Å². The van der Waals surface area contributed by atoms with Gasteiger partial charge >= 0.3 is 0 Å². The van der Waals surface area contributed by atoms with Crippen molar-refractivity contribution in [3.05, 3.63) is 34.3 Å². The number of benzene rings is 1. The minimum atomic E-state index is 0.181. The van der Waals surface area contributed by atoms with Crippen molar-refractivity contribution in [3.63, 3.8) is 0 Å². The summed E-state index contributed by atoms with van der Waals surface area (Å²) in [6.07, 6.45) is 2.50. The smallest absolute Gasteiger partial charge is 0.0408 e. The first-order valence-corrected chi connectivity index (χ1v) is 5.93. The van der Waals surface area contributed by atoms with Crippen molar-refractivity contribution in [3.8, 4) is 0 Å². The van der Waals surface area contributed by atoms with Gasteiger partial charge in [0.1, 0.15) is 0 Å². The van der Waals surface area contributed by atoms with Gasteiger partial charge in [0.2, 0.25) is 0 Å². The van der Waals surface area contributed by atoms with Gasteiger partial charge in [-0.25, -0.2) is 0 Å². The van der Waals surface area contributed by atoms with Crippen LogP contribution in [0.1, 0.15) is 32.3 Å². The van der Waals surface area contributed by atoms with Gasteiger partial charge in [-0.15, -0.1) is 0 Å². The number of halogens is 1. The molecule has 0 spiro atoms. The van der Waals surface area contributed by atoms with Crippen LogP contribution in [0, 0.1) is 0 Å². The van der Waals surface area contributed by atoms with E-state index in [1.165, 1.54) is 18.4 Å². The van der Waals surface area contributed by atoms with E-state index in [1.807, 2.05) is 0 Å². The van der Waals surface area contributed by atoms with Crippen LogP contribution in [0.25, 0.3) is 0 Å². The molecule has 2 atom stereocenters. The molecule has 1 nitrogen and oxygen atoms in total. The Morgan fingerprint density at radius 3 is 2.50 bits per heavy atom. The van der Waals surface area contributed by atoms with Crippen molar-refractivity contribution in [1.82, 2.24) is 5.32 Å². The van der Waals surface area contributed by atoms with Gasteiger partial charge < -0.3 is 5.32 Å². The van der Waals surface area contributed by atoms with Crippen molar-refractivity contribution in [2.75, 3.05) is 0 Å². The van der Waals surface area contributed by atoms with Gasteiger partial charge in [0.15, 0.2) is 0 Å². The van der Waals surface area contributed by atoms with Gasteiger partial charge in [-0.3, -0.25) is 0 Å². The third kappa shape index (κ3) is 1.86. The Kier molecular flexibility index (Phi) is 2.67. The van der Waals surface area contributed by atoms with Crippen molar-refractivity contribution in [1.29, 1.82) is 0 Å². The number of nitrogens with one attached hydrogen (secondary N) is 1. The normalized spacial score (nSPS) is 32.1. The van der Waals surface area contributed by atoms with Crippen LogP contribution in [-0.2, 0) is 5.54 Å². The lowest BCUT2D eigenvalue weighted by Gasteiger charge is -2.26. The molecule has 1 aromatic rings. The molecule has 2 rings (SSSR count). The second-order valence-corrected chi connectivity index (χ2v) is 5.34. The first-order valence-electron chi connectivity index (χ1n) is 5.14. The first-order chi connectivity index (χ1) is 6.60. The molecule has 76 valence electrons. The van der Waals surface area contributed by atoms with Crippen molar-refractivity contribution in [2.24, 2.45) is 0 Å². The third-order valence-corrected chi connectivity index (χ3v) is 3.65. The zero-order valence-corrected chi connectivity index (χ0v) is 10.3. The summed E-state index contributed by atoms with van der Waals surface area (Å²) < 4.78 is 1.15. The number of hydrogen-bond acceptors (Lipinski definition) is 1. The number of hydrogen-bond donors (Lipinski definition) is 1. The predicted octanol–water partition coefficient (Wildman–Crippen LogP) is 3.44. The fourth-order valence-electron chi connectivity index (χ4n) is 2.24. The minimum Gasteiger partial charge on any atom is -0.305 e. The van der Waals surface area contributed by atoms with Gasteiger partial charge in [-0.2, -0.15) is 0 Å². The molecule has 1 aromatic carbocycles. The van der Waals surface area contributed by atoms with Gasteiger partial charge in [-0.1, -0.05) is 28.1 Å². The van der Waals surface area contributed by atoms with Gasteiger partial charge in [0, 0.05) is 16.1 Å². The Morgan fingerprint density at radius 2 is 2.00 bits per heavy atom. The molecular weight excluding hydrogens is 238 g/mol. The van der Waals surface area contributed by atoms with Crippen LogP contribution in [0.5, 0.6) is 0 Å². The highest BCUT2D eigenvalue weighted by atomic mass is 79.9. The van der Waals surface area contributed by atoms with E-state index in [1.54, 1.807) is 0 Å². The van der Waals surface area contributed by atoms with E-state index >= 15 is 0 Å². The van der Waals surface area contributed by atoms with E-state index in [2.05, 4.69) is 59.4 Å². The highest BCUT2D eigenvalue weighted by molar-refractivity contribution is 9.10. The molecule has 1 heterocycles. The average Bonchev–Trinajstić information content (AvgIpc) is 2.48. The summed E-state index contributed by atoms with van der Waals surface area (Å²) in [6, 6.07) is 9.28. The van der Waals surface area contributed by atoms with Gasteiger partial charge in [0.05, 0.1) is 0 Å². The molecule has 1 aliphatic heterocycles. The molecule has 14 heavy (non-hydrogen) atoms. The summed E-state index contributed by atoms with van der Waals surface area (Å²) in [7, 11) is 0. The molecule has 1 N–H and O–H groups in total. The van der Waals surface area contributed by atoms with Crippen LogP contribution in [0.4, 0.5) is 0 Å². The highest BCUT2D eigenvalue weighted by Crippen LogP contribution is 2.33. The molecule has 0 radical (unpaired) electrons. The molecule has 2 unspecified atom stereocenters. The third-order valence-electron chi connectivity index (χ3n) is 3.12. The van der Waals surface area contributed by atoms with Crippen LogP contribution in [-0.4, -0.2) is 6.04 Å². The van der Waals surface area contributed by atoms with Gasteiger partial charge in [0.25, 0.3) is 0 Å². The molecule has 0 bridgehead atoms. The van der Waals surface area contributed by atoms with E-state index in [4.69, 9.17) is 0 Å². The average molecular weight is 254 g/mol. The zero-order chi connectivity index (χ0) is 10.2. The Labute approximate surface area is 94.0 Å². The predicted molar refractivity (Wildman–Crippen MR) is 63.3 cm³/mol. The maximum absolute atomic E-state index is 3.65. The Morgan fingerprint density at radius 1 is 1.36 bits per heavy atom. The largest absolute Gasteiger partial charge is 0.305 e. The lowest BCUT2D eigenvalue weighted by Crippen LogP contribution is -2.36. The SMILES string of the molecule is CC1CCC(C)(c2ccc(Br)cc2)N1. The van der Waals surface area contributed by atoms with Crippen LogP contribution in [0.15, 0.2) is 28.7 Å². The van der Waals surface area contributed by atoms with Gasteiger partial charge in [-0.05, 0) is 44.4 Å². The molecule has 1 saturated heterocycles. The summed E-state index contributed by atoms with van der Waals surface area (Å²) in [6.45, 7) is 4.55. The highest BCUT2D eigenvalue weighted by Gasteiger charge is 2.33. The Balaban J connectivity index is 2.26. The van der Waals surface area contributed by atoms with E-state index in [9.17, 15) is 0 Å². The number of rotatable bonds is 1. The van der Waals surface area contributed by atoms with Crippen molar-refractivity contribution >= 4 is 15.9 Å². The van der Waals surface area contributed by atoms with E-state index in [0.29, 0.717) is 6.04 Å². The minimum absolute atomic E-state index is 0.181. The summed E-state index contributed by atoms with van der Waals surface area (Å²) in [4.78, 5) is 0. The maximum Gasteiger partial charge on any atom is 0.0408 e. The molecule has 1 fully saturated rings. The van der Waals surface area contributed by atoms with Crippen molar-refractivity contribution < 1.29 is 0 Å². The molecule has 0 aliphatic carbocycles. The van der Waals surface area contributed by atoms with E-state index in [-0.39, 0.29) is 5.54 Å². The summed E-state index contributed by atoms with van der Waals surface area (Å²) in [5.74, 6) is 0. The van der Waals surface area contributed by atoms with Crippen LogP contribution < -0.4 is 5.32 Å². The van der Waals surface area contributed by atoms with Crippen LogP contribution >= 0.6 is 15.9 Å². The summed E-state index contributed by atoms with van der Waals surface area (Å²) in [5, 5.41) is 3.65. The van der Waals surface area contributed by atoms with Crippen molar-refractivity contribution in [2.45, 2.75) is 38.3 Å². The van der Waals surface area contributed by atoms with Crippen LogP contribution in [0.2, 0.25) is 0 Å². The maximum atomic E-state index is 3.65. The molecule has 0 amide bonds.